The second kappa shape index (κ2) is 6.19. The van der Waals surface area contributed by atoms with Crippen molar-refractivity contribution in [3.63, 3.8) is 0 Å². The predicted molar refractivity (Wildman–Crippen MR) is 103 cm³/mol. The summed E-state index contributed by atoms with van der Waals surface area (Å²) in [5.74, 6) is 0.105. The van der Waals surface area contributed by atoms with E-state index in [0.717, 1.165) is 11.0 Å². The number of thiazole rings is 1. The summed E-state index contributed by atoms with van der Waals surface area (Å²) in [4.78, 5) is 28.6. The van der Waals surface area contributed by atoms with E-state index in [2.05, 4.69) is 20.9 Å². The Morgan fingerprint density at radius 1 is 1.35 bits per heavy atom. The lowest BCUT2D eigenvalue weighted by Gasteiger charge is -2.06. The Kier molecular flexibility index (Phi) is 3.97. The number of hydrogen-bond acceptors (Lipinski definition) is 6. The maximum absolute atomic E-state index is 12.8. The van der Waals surface area contributed by atoms with Crippen LogP contribution in [0, 0.1) is 10.1 Å². The van der Waals surface area contributed by atoms with Crippen molar-refractivity contribution in [2.75, 3.05) is 7.11 Å². The molecule has 0 atom stereocenters. The van der Waals surface area contributed by atoms with E-state index in [-0.39, 0.29) is 17.0 Å². The first kappa shape index (κ1) is 16.7. The molecule has 0 amide bonds. The van der Waals surface area contributed by atoms with E-state index < -0.39 is 4.92 Å². The van der Waals surface area contributed by atoms with Gasteiger partial charge in [0.15, 0.2) is 4.96 Å². The van der Waals surface area contributed by atoms with Gasteiger partial charge in [0.1, 0.15) is 0 Å². The average Bonchev–Trinajstić information content (AvgIpc) is 3.11. The molecule has 2 aromatic carbocycles. The third-order valence-electron chi connectivity index (χ3n) is 3.90. The molecule has 0 N–H and O–H groups in total. The monoisotopic (exact) mass is 431 g/mol. The molecular weight excluding hydrogens is 422 g/mol. The van der Waals surface area contributed by atoms with Gasteiger partial charge in [-0.1, -0.05) is 39.4 Å². The largest absolute Gasteiger partial charge is 0.490 e. The SMILES string of the molecule is COc1c(/C=c2\sc3nc4ccccc4n3c2=O)cc(Br)cc1[N+](=O)[O-]. The van der Waals surface area contributed by atoms with Gasteiger partial charge in [0.25, 0.3) is 5.56 Å². The van der Waals surface area contributed by atoms with Gasteiger partial charge in [-0.2, -0.15) is 0 Å². The molecule has 9 heteroatoms. The molecule has 0 unspecified atom stereocenters. The molecule has 130 valence electrons. The van der Waals surface area contributed by atoms with Gasteiger partial charge in [0.05, 0.1) is 27.6 Å². The second-order valence-corrected chi connectivity index (χ2v) is 7.36. The highest BCUT2D eigenvalue weighted by atomic mass is 79.9. The van der Waals surface area contributed by atoms with Gasteiger partial charge in [0, 0.05) is 16.1 Å². The number of ether oxygens (including phenoxy) is 1. The number of rotatable bonds is 3. The summed E-state index contributed by atoms with van der Waals surface area (Å²) in [7, 11) is 1.36. The minimum absolute atomic E-state index is 0.105. The van der Waals surface area contributed by atoms with Gasteiger partial charge in [0.2, 0.25) is 5.75 Å². The highest BCUT2D eigenvalue weighted by Gasteiger charge is 2.20. The van der Waals surface area contributed by atoms with E-state index in [9.17, 15) is 14.9 Å². The van der Waals surface area contributed by atoms with Gasteiger partial charge < -0.3 is 4.74 Å². The van der Waals surface area contributed by atoms with E-state index in [4.69, 9.17) is 4.74 Å². The van der Waals surface area contributed by atoms with Crippen molar-refractivity contribution in [3.8, 4) is 5.75 Å². The Morgan fingerprint density at radius 2 is 2.12 bits per heavy atom. The minimum Gasteiger partial charge on any atom is -0.490 e. The zero-order valence-electron chi connectivity index (χ0n) is 13.3. The van der Waals surface area contributed by atoms with Crippen LogP contribution in [0.5, 0.6) is 5.75 Å². The summed E-state index contributed by atoms with van der Waals surface area (Å²) in [6.07, 6.45) is 1.59. The third kappa shape index (κ3) is 2.56. The minimum atomic E-state index is -0.520. The number of benzene rings is 2. The summed E-state index contributed by atoms with van der Waals surface area (Å²) in [6, 6.07) is 10.4. The molecule has 26 heavy (non-hydrogen) atoms. The van der Waals surface area contributed by atoms with Gasteiger partial charge in [-0.25, -0.2) is 9.38 Å². The number of hydrogen-bond donors (Lipinski definition) is 0. The zero-order chi connectivity index (χ0) is 18.4. The Morgan fingerprint density at radius 3 is 2.85 bits per heavy atom. The molecule has 0 aliphatic carbocycles. The number of halogens is 1. The fourth-order valence-electron chi connectivity index (χ4n) is 2.82. The van der Waals surface area contributed by atoms with Crippen molar-refractivity contribution in [2.45, 2.75) is 0 Å². The summed E-state index contributed by atoms with van der Waals surface area (Å²) in [5.41, 5.74) is 1.53. The first-order chi connectivity index (χ1) is 12.5. The summed E-state index contributed by atoms with van der Waals surface area (Å²) in [6.45, 7) is 0. The fourth-order valence-corrected chi connectivity index (χ4v) is 4.26. The van der Waals surface area contributed by atoms with Gasteiger partial charge >= 0.3 is 5.69 Å². The first-order valence-electron chi connectivity index (χ1n) is 7.43. The van der Waals surface area contributed by atoms with Crippen molar-refractivity contribution in [1.29, 1.82) is 0 Å². The van der Waals surface area contributed by atoms with Crippen molar-refractivity contribution >= 4 is 55.0 Å². The normalized spacial score (nSPS) is 12.2. The third-order valence-corrected chi connectivity index (χ3v) is 5.32. The molecule has 4 aromatic rings. The summed E-state index contributed by atoms with van der Waals surface area (Å²) >= 11 is 4.49. The topological polar surface area (TPSA) is 86.7 Å². The molecule has 0 fully saturated rings. The molecule has 4 rings (SSSR count). The number of nitro benzene ring substituents is 1. The molecule has 0 aliphatic heterocycles. The molecule has 0 spiro atoms. The van der Waals surface area contributed by atoms with Crippen LogP contribution in [-0.2, 0) is 0 Å². The second-order valence-electron chi connectivity index (χ2n) is 5.44. The van der Waals surface area contributed by atoms with E-state index in [1.807, 2.05) is 24.3 Å². The Balaban J connectivity index is 2.02. The molecule has 0 bridgehead atoms. The van der Waals surface area contributed by atoms with Crippen LogP contribution in [0.2, 0.25) is 0 Å². The predicted octanol–water partition coefficient (Wildman–Crippen LogP) is 3.14. The van der Waals surface area contributed by atoms with Gasteiger partial charge in [-0.3, -0.25) is 14.9 Å². The first-order valence-corrected chi connectivity index (χ1v) is 9.04. The van der Waals surface area contributed by atoms with Crippen LogP contribution in [0.25, 0.3) is 22.1 Å². The Bertz CT molecular complexity index is 1300. The lowest BCUT2D eigenvalue weighted by molar-refractivity contribution is -0.385. The van der Waals surface area contributed by atoms with Gasteiger partial charge in [-0.05, 0) is 24.3 Å². The van der Waals surface area contributed by atoms with Crippen molar-refractivity contribution in [1.82, 2.24) is 9.38 Å². The highest BCUT2D eigenvalue weighted by molar-refractivity contribution is 9.10. The van der Waals surface area contributed by atoms with Crippen LogP contribution in [0.15, 0.2) is 45.7 Å². The Hall–Kier alpha value is -2.78. The number of fused-ring (bicyclic) bond motifs is 3. The van der Waals surface area contributed by atoms with E-state index in [0.29, 0.717) is 19.5 Å². The van der Waals surface area contributed by atoms with Crippen LogP contribution in [-0.4, -0.2) is 21.4 Å². The standard InChI is InChI=1S/C17H10BrN3O4S/c1-25-15-9(6-10(18)8-13(15)21(23)24)7-14-16(22)20-12-5-3-2-4-11(12)19-17(20)26-14/h2-8H,1H3/b14-7-. The molecule has 2 heterocycles. The number of nitro groups is 1. The van der Waals surface area contributed by atoms with Crippen LogP contribution in [0.1, 0.15) is 5.56 Å². The number of para-hydroxylation sites is 2. The van der Waals surface area contributed by atoms with Gasteiger partial charge in [-0.15, -0.1) is 0 Å². The van der Waals surface area contributed by atoms with Crippen LogP contribution < -0.4 is 14.8 Å². The molecular formula is C17H10BrN3O4S. The summed E-state index contributed by atoms with van der Waals surface area (Å²) < 4.78 is 7.71. The molecule has 2 aromatic heterocycles. The molecule has 0 radical (unpaired) electrons. The van der Waals surface area contributed by atoms with Crippen LogP contribution in [0.4, 0.5) is 5.69 Å². The number of imidazole rings is 1. The van der Waals surface area contributed by atoms with E-state index in [1.165, 1.54) is 24.5 Å². The zero-order valence-corrected chi connectivity index (χ0v) is 15.7. The highest BCUT2D eigenvalue weighted by Crippen LogP contribution is 2.34. The molecule has 7 nitrogen and oxygen atoms in total. The lowest BCUT2D eigenvalue weighted by atomic mass is 10.1. The van der Waals surface area contributed by atoms with Crippen LogP contribution >= 0.6 is 27.3 Å². The average molecular weight is 432 g/mol. The molecule has 0 saturated carbocycles. The smallest absolute Gasteiger partial charge is 0.312 e. The number of nitrogens with zero attached hydrogens (tertiary/aromatic N) is 3. The quantitative estimate of drug-likeness (QED) is 0.367. The van der Waals surface area contributed by atoms with Crippen LogP contribution in [0.3, 0.4) is 0 Å². The number of methoxy groups -OCH3 is 1. The van der Waals surface area contributed by atoms with E-state index >= 15 is 0 Å². The lowest BCUT2D eigenvalue weighted by Crippen LogP contribution is -2.22. The summed E-state index contributed by atoms with van der Waals surface area (Å²) in [5, 5.41) is 11.3. The molecule has 0 aliphatic rings. The fraction of sp³-hybridized carbons (Fsp3) is 0.0588. The van der Waals surface area contributed by atoms with Crippen molar-refractivity contribution in [3.05, 3.63) is 71.4 Å². The maximum Gasteiger partial charge on any atom is 0.312 e. The van der Waals surface area contributed by atoms with E-state index in [1.54, 1.807) is 16.5 Å². The number of aromatic nitrogens is 2. The van der Waals surface area contributed by atoms with Crippen molar-refractivity contribution < 1.29 is 9.66 Å². The molecule has 0 saturated heterocycles. The Labute approximate surface area is 158 Å². The maximum atomic E-state index is 12.8. The van der Waals surface area contributed by atoms with Crippen molar-refractivity contribution in [2.24, 2.45) is 0 Å².